The van der Waals surface area contributed by atoms with Crippen LogP contribution in [0.15, 0.2) is 48.5 Å². The Hall–Kier alpha value is -2.29. The maximum atomic E-state index is 14.7. The number of benzene rings is 2. The molecule has 0 N–H and O–H groups in total. The first-order chi connectivity index (χ1) is 16.7. The number of halogens is 4. The first-order valence-electron chi connectivity index (χ1n) is 12.0. The Labute approximate surface area is 203 Å². The van der Waals surface area contributed by atoms with Crippen LogP contribution in [0.5, 0.6) is 0 Å². The number of hydrogen-bond acceptors (Lipinski definition) is 3. The Balaban J connectivity index is 1.83. The van der Waals surface area contributed by atoms with E-state index in [1.54, 1.807) is 50.4 Å². The number of hydrogen-bond donors (Lipinski definition) is 0. The van der Waals surface area contributed by atoms with Crippen LogP contribution in [-0.4, -0.2) is 62.8 Å². The monoisotopic (exact) mass is 491 g/mol. The van der Waals surface area contributed by atoms with Crippen molar-refractivity contribution in [3.8, 4) is 0 Å². The Kier molecular flexibility index (Phi) is 7.93. The van der Waals surface area contributed by atoms with Crippen molar-refractivity contribution >= 4 is 5.78 Å². The highest BCUT2D eigenvalue weighted by Crippen LogP contribution is 2.47. The SMILES string of the molecule is COCCN1CC(C(=O)c2ccccc2)[C@H](c2cccc(F)c2C)[C@@H]([C@H]2[N]CC[C@@H]2C(F)(F)F)C1. The van der Waals surface area contributed by atoms with E-state index in [0.29, 0.717) is 42.9 Å². The quantitative estimate of drug-likeness (QED) is 0.411. The Morgan fingerprint density at radius 2 is 1.86 bits per heavy atom. The van der Waals surface area contributed by atoms with Gasteiger partial charge in [-0.05, 0) is 36.5 Å². The summed E-state index contributed by atoms with van der Waals surface area (Å²) in [5.74, 6) is -3.96. The molecule has 2 aliphatic rings. The molecular formula is C27H31F4N2O2. The third kappa shape index (κ3) is 5.44. The number of carbonyl (C=O) groups is 1. The molecule has 35 heavy (non-hydrogen) atoms. The summed E-state index contributed by atoms with van der Waals surface area (Å²) in [6, 6.07) is 12.5. The molecule has 189 valence electrons. The highest BCUT2D eigenvalue weighted by Gasteiger charge is 2.54. The van der Waals surface area contributed by atoms with Gasteiger partial charge in [-0.15, -0.1) is 0 Å². The lowest BCUT2D eigenvalue weighted by Gasteiger charge is -2.47. The molecule has 2 fully saturated rings. The van der Waals surface area contributed by atoms with E-state index in [-0.39, 0.29) is 18.7 Å². The predicted octanol–water partition coefficient (Wildman–Crippen LogP) is 4.85. The molecule has 2 saturated heterocycles. The van der Waals surface area contributed by atoms with E-state index in [9.17, 15) is 22.4 Å². The average Bonchev–Trinajstić information content (AvgIpc) is 3.35. The standard InChI is InChI=1S/C27H31F4N2O2/c1-17-19(9-6-10-23(17)28)24-20(25-22(11-12-32-25)27(29,30)31)15-33(13-14-35-2)16-21(24)26(34)18-7-4-3-5-8-18/h3-10,20-22,24-25H,11-16H2,1-2H3/t20-,21?,22-,24+,25+/m0/s1. The average molecular weight is 492 g/mol. The van der Waals surface area contributed by atoms with Crippen LogP contribution < -0.4 is 5.32 Å². The van der Waals surface area contributed by atoms with E-state index >= 15 is 0 Å². The first kappa shape index (κ1) is 25.8. The third-order valence-electron chi connectivity index (χ3n) is 7.55. The number of Topliss-reactive ketones (excluding diaryl/α,β-unsaturated/α-hetero) is 1. The Bertz CT molecular complexity index is 1010. The number of alkyl halides is 3. The molecule has 8 heteroatoms. The maximum absolute atomic E-state index is 14.7. The van der Waals surface area contributed by atoms with Crippen LogP contribution in [0.4, 0.5) is 17.6 Å². The topological polar surface area (TPSA) is 43.6 Å². The summed E-state index contributed by atoms with van der Waals surface area (Å²) < 4.78 is 62.0. The van der Waals surface area contributed by atoms with E-state index in [1.165, 1.54) is 6.07 Å². The number of carbonyl (C=O) groups excluding carboxylic acids is 1. The molecule has 0 aromatic heterocycles. The second-order valence-corrected chi connectivity index (χ2v) is 9.57. The van der Waals surface area contributed by atoms with Gasteiger partial charge in [-0.25, -0.2) is 9.71 Å². The summed E-state index contributed by atoms with van der Waals surface area (Å²) in [6.07, 6.45) is -4.45. The molecule has 5 atom stereocenters. The minimum Gasteiger partial charge on any atom is -0.383 e. The molecule has 0 aliphatic carbocycles. The molecule has 2 aromatic carbocycles. The zero-order valence-electron chi connectivity index (χ0n) is 20.0. The van der Waals surface area contributed by atoms with E-state index in [2.05, 4.69) is 5.32 Å². The zero-order chi connectivity index (χ0) is 25.2. The van der Waals surface area contributed by atoms with Crippen LogP contribution in [-0.2, 0) is 4.74 Å². The van der Waals surface area contributed by atoms with Crippen molar-refractivity contribution in [1.29, 1.82) is 0 Å². The summed E-state index contributed by atoms with van der Waals surface area (Å²) >= 11 is 0. The van der Waals surface area contributed by atoms with Crippen LogP contribution in [0.25, 0.3) is 0 Å². The first-order valence-corrected chi connectivity index (χ1v) is 12.0. The molecule has 2 aliphatic heterocycles. The summed E-state index contributed by atoms with van der Waals surface area (Å²) in [7, 11) is 1.57. The number of ketones is 1. The number of piperidine rings is 1. The van der Waals surface area contributed by atoms with Gasteiger partial charge >= 0.3 is 6.18 Å². The van der Waals surface area contributed by atoms with Gasteiger partial charge in [-0.2, -0.15) is 13.2 Å². The summed E-state index contributed by atoms with van der Waals surface area (Å²) in [5.41, 5.74) is 1.47. The van der Waals surface area contributed by atoms with Crippen molar-refractivity contribution in [3.05, 3.63) is 71.0 Å². The molecule has 0 saturated carbocycles. The van der Waals surface area contributed by atoms with Gasteiger partial charge in [0.1, 0.15) is 5.82 Å². The van der Waals surface area contributed by atoms with Crippen molar-refractivity contribution in [3.63, 3.8) is 0 Å². The number of methoxy groups -OCH3 is 1. The molecular weight excluding hydrogens is 460 g/mol. The van der Waals surface area contributed by atoms with Gasteiger partial charge in [0.15, 0.2) is 5.78 Å². The van der Waals surface area contributed by atoms with Crippen molar-refractivity contribution < 1.29 is 27.1 Å². The number of ether oxygens (including phenoxy) is 1. The molecule has 4 nitrogen and oxygen atoms in total. The minimum absolute atomic E-state index is 0.0606. The lowest BCUT2D eigenvalue weighted by molar-refractivity contribution is -0.182. The van der Waals surface area contributed by atoms with Crippen LogP contribution in [0.2, 0.25) is 0 Å². The second-order valence-electron chi connectivity index (χ2n) is 9.57. The van der Waals surface area contributed by atoms with Gasteiger partial charge in [0.25, 0.3) is 0 Å². The van der Waals surface area contributed by atoms with Crippen LogP contribution >= 0.6 is 0 Å². The van der Waals surface area contributed by atoms with E-state index < -0.39 is 41.7 Å². The number of rotatable bonds is 7. The highest BCUT2D eigenvalue weighted by atomic mass is 19.4. The number of likely N-dealkylation sites (tertiary alicyclic amines) is 1. The summed E-state index contributed by atoms with van der Waals surface area (Å²) in [5, 5.41) is 4.43. The van der Waals surface area contributed by atoms with Gasteiger partial charge in [-0.3, -0.25) is 9.69 Å². The molecule has 2 heterocycles. The van der Waals surface area contributed by atoms with Crippen LogP contribution in [0, 0.1) is 30.5 Å². The zero-order valence-corrected chi connectivity index (χ0v) is 20.0. The largest absolute Gasteiger partial charge is 0.393 e. The third-order valence-corrected chi connectivity index (χ3v) is 7.55. The highest BCUT2D eigenvalue weighted by molar-refractivity contribution is 5.98. The fourth-order valence-corrected chi connectivity index (χ4v) is 5.85. The van der Waals surface area contributed by atoms with Gasteiger partial charge < -0.3 is 4.74 Å². The normalized spacial score (nSPS) is 27.8. The molecule has 0 bridgehead atoms. The molecule has 1 radical (unpaired) electrons. The molecule has 2 aromatic rings. The minimum atomic E-state index is -4.39. The summed E-state index contributed by atoms with van der Waals surface area (Å²) in [6.45, 7) is 3.35. The second kappa shape index (κ2) is 10.8. The lowest BCUT2D eigenvalue weighted by atomic mass is 9.66. The van der Waals surface area contributed by atoms with E-state index in [0.717, 1.165) is 0 Å². The van der Waals surface area contributed by atoms with Gasteiger partial charge in [0.05, 0.1) is 12.5 Å². The van der Waals surface area contributed by atoms with Crippen LogP contribution in [0.3, 0.4) is 0 Å². The van der Waals surface area contributed by atoms with Crippen molar-refractivity contribution in [1.82, 2.24) is 10.2 Å². The van der Waals surface area contributed by atoms with Gasteiger partial charge in [0.2, 0.25) is 0 Å². The van der Waals surface area contributed by atoms with Gasteiger partial charge in [0, 0.05) is 56.7 Å². The van der Waals surface area contributed by atoms with E-state index in [4.69, 9.17) is 4.74 Å². The Morgan fingerprint density at radius 3 is 2.54 bits per heavy atom. The molecule has 1 unspecified atom stereocenters. The molecule has 0 spiro atoms. The Morgan fingerprint density at radius 1 is 1.11 bits per heavy atom. The number of nitrogens with zero attached hydrogens (tertiary/aromatic N) is 2. The fourth-order valence-electron chi connectivity index (χ4n) is 5.85. The van der Waals surface area contributed by atoms with Crippen molar-refractivity contribution in [2.45, 2.75) is 31.5 Å². The van der Waals surface area contributed by atoms with Crippen molar-refractivity contribution in [2.24, 2.45) is 17.8 Å². The molecule has 0 amide bonds. The maximum Gasteiger partial charge on any atom is 0.393 e. The van der Waals surface area contributed by atoms with E-state index in [1.807, 2.05) is 11.0 Å². The summed E-state index contributed by atoms with van der Waals surface area (Å²) in [4.78, 5) is 15.8. The van der Waals surface area contributed by atoms with Gasteiger partial charge in [-0.1, -0.05) is 42.5 Å². The van der Waals surface area contributed by atoms with Crippen molar-refractivity contribution in [2.75, 3.05) is 39.9 Å². The molecule has 4 rings (SSSR count). The lowest BCUT2D eigenvalue weighted by Crippen LogP contribution is -2.55. The smallest absolute Gasteiger partial charge is 0.383 e. The fraction of sp³-hybridized carbons (Fsp3) is 0.519. The van der Waals surface area contributed by atoms with Crippen LogP contribution in [0.1, 0.15) is 33.8 Å². The predicted molar refractivity (Wildman–Crippen MR) is 125 cm³/mol.